The summed E-state index contributed by atoms with van der Waals surface area (Å²) >= 11 is 0. The summed E-state index contributed by atoms with van der Waals surface area (Å²) in [7, 11) is 1.69. The molecule has 0 saturated heterocycles. The summed E-state index contributed by atoms with van der Waals surface area (Å²) in [6, 6.07) is 4.42. The molecule has 3 heteroatoms. The second-order valence-corrected chi connectivity index (χ2v) is 5.01. The topological polar surface area (TPSA) is 22.3 Å². The molecule has 1 aromatic heterocycles. The summed E-state index contributed by atoms with van der Waals surface area (Å²) in [5.41, 5.74) is 1.40. The van der Waals surface area contributed by atoms with E-state index in [9.17, 15) is 0 Å². The zero-order valence-corrected chi connectivity index (χ0v) is 12.1. The highest BCUT2D eigenvalue weighted by Crippen LogP contribution is 2.21. The third-order valence-electron chi connectivity index (χ3n) is 3.37. The van der Waals surface area contributed by atoms with Crippen LogP contribution in [0.4, 0.5) is 0 Å². The molecule has 102 valence electrons. The molecule has 0 spiro atoms. The van der Waals surface area contributed by atoms with Crippen molar-refractivity contribution in [3.63, 3.8) is 0 Å². The molecule has 1 unspecified atom stereocenters. The lowest BCUT2D eigenvalue weighted by Gasteiger charge is -2.14. The van der Waals surface area contributed by atoms with Crippen molar-refractivity contribution in [3.8, 4) is 0 Å². The fourth-order valence-electron chi connectivity index (χ4n) is 1.72. The normalized spacial score (nSPS) is 12.9. The number of nitrogens with zero attached hydrogens (tertiary/aromatic N) is 1. The van der Waals surface area contributed by atoms with Crippen LogP contribution in [0.3, 0.4) is 0 Å². The van der Waals surface area contributed by atoms with E-state index in [-0.39, 0.29) is 0 Å². The fraction of sp³-hybridized carbons (Fsp3) is 0.667. The monoisotopic (exact) mass is 252 g/mol. The van der Waals surface area contributed by atoms with Gasteiger partial charge in [0.25, 0.3) is 0 Å². The highest BCUT2D eigenvalue weighted by Gasteiger charge is 2.11. The molecule has 0 saturated carbocycles. The number of aromatic nitrogens is 1. The van der Waals surface area contributed by atoms with Gasteiger partial charge in [-0.15, -0.1) is 0 Å². The van der Waals surface area contributed by atoms with Gasteiger partial charge in [-0.2, -0.15) is 0 Å². The number of ether oxygens (including phenoxy) is 2. The van der Waals surface area contributed by atoms with Crippen LogP contribution in [0.15, 0.2) is 24.5 Å². The molecule has 0 amide bonds. The largest absolute Gasteiger partial charge is 0.382 e. The summed E-state index contributed by atoms with van der Waals surface area (Å²) in [6.07, 6.45) is 4.27. The molecule has 0 fully saturated rings. The Bertz CT molecular complexity index is 322. The maximum atomic E-state index is 5.45. The molecule has 0 aliphatic rings. The van der Waals surface area contributed by atoms with Gasteiger partial charge in [-0.1, -0.05) is 20.8 Å². The Kier molecular flexibility index (Phi) is 6.91. The highest BCUT2D eigenvalue weighted by atomic mass is 16.5. The molecule has 18 heavy (non-hydrogen) atoms. The van der Waals surface area contributed by atoms with Crippen molar-refractivity contribution in [1.82, 2.24) is 0 Å². The second-order valence-electron chi connectivity index (χ2n) is 5.01. The van der Waals surface area contributed by atoms with Crippen molar-refractivity contribution in [1.29, 1.82) is 0 Å². The van der Waals surface area contributed by atoms with E-state index >= 15 is 0 Å². The molecule has 1 atom stereocenters. The standard InChI is InChI=1S/C15H26NO2/c1-13(2)14(3)15-5-7-16(8-6-15)9-10-18-12-11-17-4/h5-8,13-14H,9-12H2,1-4H3/q+1. The van der Waals surface area contributed by atoms with Crippen molar-refractivity contribution in [2.75, 3.05) is 26.9 Å². The Labute approximate surface area is 111 Å². The van der Waals surface area contributed by atoms with Crippen LogP contribution in [-0.4, -0.2) is 26.9 Å². The summed E-state index contributed by atoms with van der Waals surface area (Å²) < 4.78 is 12.5. The summed E-state index contributed by atoms with van der Waals surface area (Å²) in [5, 5.41) is 0. The smallest absolute Gasteiger partial charge is 0.171 e. The van der Waals surface area contributed by atoms with Crippen LogP contribution in [0, 0.1) is 5.92 Å². The Morgan fingerprint density at radius 1 is 1.06 bits per heavy atom. The molecule has 0 aromatic carbocycles. The molecular weight excluding hydrogens is 226 g/mol. The Balaban J connectivity index is 2.36. The zero-order chi connectivity index (χ0) is 13.4. The van der Waals surface area contributed by atoms with Gasteiger partial charge >= 0.3 is 0 Å². The van der Waals surface area contributed by atoms with Crippen LogP contribution < -0.4 is 4.57 Å². The lowest BCUT2D eigenvalue weighted by Crippen LogP contribution is -2.35. The van der Waals surface area contributed by atoms with E-state index in [1.165, 1.54) is 5.56 Å². The van der Waals surface area contributed by atoms with Crippen molar-refractivity contribution in [2.45, 2.75) is 33.2 Å². The number of hydrogen-bond donors (Lipinski definition) is 0. The maximum Gasteiger partial charge on any atom is 0.171 e. The number of pyridine rings is 1. The van der Waals surface area contributed by atoms with Crippen LogP contribution in [0.2, 0.25) is 0 Å². The van der Waals surface area contributed by atoms with E-state index in [0.717, 1.165) is 13.2 Å². The van der Waals surface area contributed by atoms with Gasteiger partial charge in [0.2, 0.25) is 0 Å². The Hall–Kier alpha value is -0.930. The maximum absolute atomic E-state index is 5.45. The first-order chi connectivity index (χ1) is 8.65. The molecule has 0 N–H and O–H groups in total. The molecule has 1 aromatic rings. The van der Waals surface area contributed by atoms with Gasteiger partial charge in [-0.3, -0.25) is 0 Å². The summed E-state index contributed by atoms with van der Waals surface area (Å²) in [4.78, 5) is 0. The summed E-state index contributed by atoms with van der Waals surface area (Å²) in [5.74, 6) is 1.29. The lowest BCUT2D eigenvalue weighted by molar-refractivity contribution is -0.698. The van der Waals surface area contributed by atoms with Crippen molar-refractivity contribution in [3.05, 3.63) is 30.1 Å². The highest BCUT2D eigenvalue weighted by molar-refractivity contribution is 5.13. The van der Waals surface area contributed by atoms with Crippen LogP contribution in [-0.2, 0) is 16.0 Å². The molecule has 0 bridgehead atoms. The average molecular weight is 252 g/mol. The van der Waals surface area contributed by atoms with E-state index in [2.05, 4.69) is 49.9 Å². The van der Waals surface area contributed by atoms with Crippen LogP contribution in [0.5, 0.6) is 0 Å². The molecular formula is C15H26NO2+. The van der Waals surface area contributed by atoms with Gasteiger partial charge in [0.05, 0.1) is 13.2 Å². The Morgan fingerprint density at radius 2 is 1.72 bits per heavy atom. The predicted octanol–water partition coefficient (Wildman–Crippen LogP) is 2.40. The third-order valence-corrected chi connectivity index (χ3v) is 3.37. The molecule has 1 heterocycles. The number of rotatable bonds is 8. The van der Waals surface area contributed by atoms with Crippen molar-refractivity contribution in [2.24, 2.45) is 5.92 Å². The van der Waals surface area contributed by atoms with Crippen LogP contribution in [0.1, 0.15) is 32.3 Å². The average Bonchev–Trinajstić information content (AvgIpc) is 2.38. The van der Waals surface area contributed by atoms with Gasteiger partial charge < -0.3 is 9.47 Å². The van der Waals surface area contributed by atoms with Gasteiger partial charge in [-0.05, 0) is 17.4 Å². The fourth-order valence-corrected chi connectivity index (χ4v) is 1.72. The number of methoxy groups -OCH3 is 1. The van der Waals surface area contributed by atoms with Crippen LogP contribution in [0.25, 0.3) is 0 Å². The lowest BCUT2D eigenvalue weighted by atomic mass is 9.91. The van der Waals surface area contributed by atoms with Crippen LogP contribution >= 0.6 is 0 Å². The summed E-state index contributed by atoms with van der Waals surface area (Å²) in [6.45, 7) is 9.74. The van der Waals surface area contributed by atoms with Gasteiger partial charge in [0.15, 0.2) is 18.9 Å². The van der Waals surface area contributed by atoms with E-state index in [0.29, 0.717) is 25.0 Å². The predicted molar refractivity (Wildman–Crippen MR) is 72.6 cm³/mol. The van der Waals surface area contributed by atoms with Crippen molar-refractivity contribution >= 4 is 0 Å². The third kappa shape index (κ3) is 5.15. The number of hydrogen-bond acceptors (Lipinski definition) is 2. The minimum atomic E-state index is 0.609. The minimum Gasteiger partial charge on any atom is -0.382 e. The van der Waals surface area contributed by atoms with E-state index in [1.807, 2.05) is 0 Å². The van der Waals surface area contributed by atoms with Gasteiger partial charge in [0, 0.05) is 19.2 Å². The van der Waals surface area contributed by atoms with E-state index in [4.69, 9.17) is 9.47 Å². The first-order valence-electron chi connectivity index (χ1n) is 6.70. The first kappa shape index (κ1) is 15.1. The molecule has 0 aliphatic carbocycles. The first-order valence-corrected chi connectivity index (χ1v) is 6.70. The molecule has 3 nitrogen and oxygen atoms in total. The Morgan fingerprint density at radius 3 is 2.28 bits per heavy atom. The zero-order valence-electron chi connectivity index (χ0n) is 12.1. The minimum absolute atomic E-state index is 0.609. The van der Waals surface area contributed by atoms with E-state index < -0.39 is 0 Å². The quantitative estimate of drug-likeness (QED) is 0.523. The second kappa shape index (κ2) is 8.22. The molecule has 0 aliphatic heterocycles. The molecule has 0 radical (unpaired) electrons. The molecule has 1 rings (SSSR count). The SMILES string of the molecule is COCCOCC[n+]1ccc(C(C)C(C)C)cc1. The van der Waals surface area contributed by atoms with Crippen molar-refractivity contribution < 1.29 is 14.0 Å². The van der Waals surface area contributed by atoms with Gasteiger partial charge in [0.1, 0.15) is 6.61 Å². The van der Waals surface area contributed by atoms with E-state index in [1.54, 1.807) is 7.11 Å². The van der Waals surface area contributed by atoms with Gasteiger partial charge in [-0.25, -0.2) is 4.57 Å².